The van der Waals surface area contributed by atoms with Gasteiger partial charge in [-0.3, -0.25) is 24.0 Å². The number of carbonyl (C=O) groups excluding carboxylic acids is 5. The fraction of sp³-hybridized carbons (Fsp3) is 0.639. The van der Waals surface area contributed by atoms with Crippen LogP contribution in [0.15, 0.2) is 35.4 Å². The maximum Gasteiger partial charge on any atom is 0.287 e. The molecule has 2 saturated carbocycles. The number of sulfonamides is 1. The molecule has 6 rings (SSSR count). The molecule has 2 aliphatic heterocycles. The van der Waals surface area contributed by atoms with E-state index in [9.17, 15) is 37.5 Å². The number of nitrogens with one attached hydrogen (secondary N) is 3. The number of primary amides is 1. The van der Waals surface area contributed by atoms with E-state index in [1.165, 1.54) is 40.0 Å². The highest BCUT2D eigenvalue weighted by Crippen LogP contribution is 2.34. The minimum atomic E-state index is -3.74. The van der Waals surface area contributed by atoms with Gasteiger partial charge in [0.05, 0.1) is 22.8 Å². The normalized spacial score (nSPS) is 22.7. The molecule has 4 amide bonds. The molecule has 0 radical (unpaired) electrons. The highest BCUT2D eigenvalue weighted by atomic mass is 32.2. The molecule has 1 aromatic carbocycles. The molecule has 2 aromatic rings. The zero-order chi connectivity index (χ0) is 38.8. The van der Waals surface area contributed by atoms with Gasteiger partial charge in [-0.1, -0.05) is 37.3 Å². The van der Waals surface area contributed by atoms with Crippen molar-refractivity contribution in [3.05, 3.63) is 41.7 Å². The van der Waals surface area contributed by atoms with E-state index in [0.29, 0.717) is 12.1 Å². The summed E-state index contributed by atoms with van der Waals surface area (Å²) in [4.78, 5) is 69.5. The molecule has 3 atom stereocenters. The number of benzene rings is 1. The molecule has 3 heterocycles. The lowest BCUT2D eigenvalue weighted by Crippen LogP contribution is -2.64. The molecule has 2 unspecified atom stereocenters. The first-order valence-corrected chi connectivity index (χ1v) is 20.2. The molecule has 6 N–H and O–H groups in total. The second-order valence-electron chi connectivity index (χ2n) is 15.6. The molecule has 18 heteroatoms. The Kier molecular flexibility index (Phi) is 11.6. The van der Waals surface area contributed by atoms with E-state index in [1.54, 1.807) is 13.8 Å². The predicted octanol–water partition coefficient (Wildman–Crippen LogP) is 0.577. The van der Waals surface area contributed by atoms with Gasteiger partial charge in [-0.25, -0.2) is 17.8 Å². The third kappa shape index (κ3) is 8.82. The maximum absolute atomic E-state index is 14.8. The van der Waals surface area contributed by atoms with Crippen molar-refractivity contribution in [2.45, 2.75) is 125 Å². The number of nitrogens with two attached hydrogens (primary N) is 1. The summed E-state index contributed by atoms with van der Waals surface area (Å²) in [6.07, 6.45) is 8.05. The van der Waals surface area contributed by atoms with E-state index in [4.69, 9.17) is 10.5 Å². The summed E-state index contributed by atoms with van der Waals surface area (Å²) in [5.74, 6) is -3.85. The maximum atomic E-state index is 14.8. The number of ether oxygens (including phenoxy) is 1. The third-order valence-corrected chi connectivity index (χ3v) is 12.5. The van der Waals surface area contributed by atoms with Crippen LogP contribution in [0.5, 0.6) is 0 Å². The van der Waals surface area contributed by atoms with Crippen molar-refractivity contribution in [2.75, 3.05) is 19.8 Å². The number of ketones is 1. The van der Waals surface area contributed by atoms with Crippen LogP contribution >= 0.6 is 0 Å². The summed E-state index contributed by atoms with van der Waals surface area (Å²) in [7, 11) is -3.74. The monoisotopic (exact) mass is 770 g/mol. The number of amides is 4. The van der Waals surface area contributed by atoms with Crippen LogP contribution in [0.1, 0.15) is 107 Å². The van der Waals surface area contributed by atoms with Gasteiger partial charge in [0, 0.05) is 50.6 Å². The van der Waals surface area contributed by atoms with Gasteiger partial charge in [0.15, 0.2) is 0 Å². The van der Waals surface area contributed by atoms with Crippen LogP contribution in [-0.4, -0.2) is 106 Å². The first-order chi connectivity index (χ1) is 25.6. The molecule has 4 aliphatic rings. The van der Waals surface area contributed by atoms with Gasteiger partial charge in [-0.05, 0) is 63.3 Å². The smallest absolute Gasteiger partial charge is 0.287 e. The minimum Gasteiger partial charge on any atom is -0.384 e. The van der Waals surface area contributed by atoms with Gasteiger partial charge < -0.3 is 31.1 Å². The highest BCUT2D eigenvalue weighted by Gasteiger charge is 2.49. The summed E-state index contributed by atoms with van der Waals surface area (Å²) in [6, 6.07) is 2.54. The van der Waals surface area contributed by atoms with Crippen LogP contribution in [0.2, 0.25) is 0 Å². The topological polar surface area (TPSA) is 245 Å². The zero-order valence-corrected chi connectivity index (χ0v) is 31.5. The van der Waals surface area contributed by atoms with E-state index in [0.717, 1.165) is 44.9 Å². The number of nitrogens with zero attached hydrogens (tertiary/aromatic N) is 4. The minimum absolute atomic E-state index is 0.00757. The number of rotatable bonds is 14. The molecule has 1 aromatic heterocycles. The van der Waals surface area contributed by atoms with Crippen molar-refractivity contribution in [1.82, 2.24) is 35.2 Å². The standard InChI is InChI=1S/C36H50N8O9S/c1-35(2,50)29-20-38-42-44(29)25-19-28(33(48)40-36(30(45)31(37)46)14-16-53-17-15-36)43(21-25)34(49)27(18-22-6-4-3-5-7-22)39-32(47)23-8-12-26(13-9-23)54(51,52)41-24-10-11-24/h8-9,12-13,20,22,24-25,27-28,41,50H,3-7,10-11,14-19,21H2,1-2H3,(H2,37,46)(H,39,47)(H,40,48)/t25?,27-,28?/m1/s1. The van der Waals surface area contributed by atoms with Crippen molar-refractivity contribution >= 4 is 39.4 Å². The summed E-state index contributed by atoms with van der Waals surface area (Å²) in [6.45, 7) is 3.29. The number of aromatic nitrogens is 3. The molecule has 17 nitrogen and oxygen atoms in total. The van der Waals surface area contributed by atoms with Crippen molar-refractivity contribution in [3.8, 4) is 0 Å². The number of hydrogen-bond acceptors (Lipinski definition) is 11. The van der Waals surface area contributed by atoms with Gasteiger partial charge in [0.2, 0.25) is 27.6 Å². The van der Waals surface area contributed by atoms with Crippen LogP contribution in [0, 0.1) is 5.92 Å². The molecule has 294 valence electrons. The Balaban J connectivity index is 1.30. The molecular formula is C36H50N8O9S. The molecule has 0 spiro atoms. The molecule has 0 bridgehead atoms. The quantitative estimate of drug-likeness (QED) is 0.166. The highest BCUT2D eigenvalue weighted by molar-refractivity contribution is 7.89. The second-order valence-corrected chi connectivity index (χ2v) is 17.3. The number of likely N-dealkylation sites (tertiary alicyclic amines) is 1. The fourth-order valence-electron chi connectivity index (χ4n) is 7.81. The Morgan fingerprint density at radius 1 is 1.04 bits per heavy atom. The zero-order valence-electron chi connectivity index (χ0n) is 30.7. The number of carbonyl (C=O) groups is 5. The van der Waals surface area contributed by atoms with Crippen LogP contribution in [0.4, 0.5) is 0 Å². The van der Waals surface area contributed by atoms with Crippen molar-refractivity contribution < 1.29 is 42.2 Å². The molecule has 54 heavy (non-hydrogen) atoms. The molecule has 4 fully saturated rings. The van der Waals surface area contributed by atoms with Gasteiger partial charge >= 0.3 is 0 Å². The summed E-state index contributed by atoms with van der Waals surface area (Å²) in [5, 5.41) is 24.7. The number of aliphatic hydroxyl groups is 1. The third-order valence-electron chi connectivity index (χ3n) is 11.0. The predicted molar refractivity (Wildman–Crippen MR) is 192 cm³/mol. The van der Waals surface area contributed by atoms with Crippen LogP contribution in [-0.2, 0) is 39.5 Å². The number of Topliss-reactive ketones (excluding diaryl/α,β-unsaturated/α-hetero) is 1. The summed E-state index contributed by atoms with van der Waals surface area (Å²) >= 11 is 0. The van der Waals surface area contributed by atoms with Crippen molar-refractivity contribution in [3.63, 3.8) is 0 Å². The molecular weight excluding hydrogens is 721 g/mol. The lowest BCUT2D eigenvalue weighted by atomic mass is 9.84. The van der Waals surface area contributed by atoms with Gasteiger partial charge in [-0.15, -0.1) is 5.10 Å². The van der Waals surface area contributed by atoms with E-state index < -0.39 is 68.7 Å². The molecule has 2 aliphatic carbocycles. The van der Waals surface area contributed by atoms with Crippen LogP contribution in [0.3, 0.4) is 0 Å². The van der Waals surface area contributed by atoms with Gasteiger partial charge in [-0.2, -0.15) is 0 Å². The Labute approximate surface area is 314 Å². The Morgan fingerprint density at radius 2 is 1.70 bits per heavy atom. The average molecular weight is 771 g/mol. The molecule has 2 saturated heterocycles. The lowest BCUT2D eigenvalue weighted by Gasteiger charge is -2.37. The first-order valence-electron chi connectivity index (χ1n) is 18.7. The van der Waals surface area contributed by atoms with E-state index in [-0.39, 0.29) is 61.4 Å². The first kappa shape index (κ1) is 39.4. The van der Waals surface area contributed by atoms with Gasteiger partial charge in [0.25, 0.3) is 11.8 Å². The van der Waals surface area contributed by atoms with Gasteiger partial charge in [0.1, 0.15) is 23.2 Å². The van der Waals surface area contributed by atoms with Crippen molar-refractivity contribution in [2.24, 2.45) is 11.7 Å². The van der Waals surface area contributed by atoms with E-state index >= 15 is 0 Å². The summed E-state index contributed by atoms with van der Waals surface area (Å²) < 4.78 is 35.0. The van der Waals surface area contributed by atoms with E-state index in [1.807, 2.05) is 0 Å². The van der Waals surface area contributed by atoms with E-state index in [2.05, 4.69) is 25.7 Å². The summed E-state index contributed by atoms with van der Waals surface area (Å²) in [5.41, 5.74) is 2.94. The largest absolute Gasteiger partial charge is 0.384 e. The lowest BCUT2D eigenvalue weighted by molar-refractivity contribution is -0.147. The number of hydrogen-bond donors (Lipinski definition) is 5. The Bertz CT molecular complexity index is 1840. The van der Waals surface area contributed by atoms with Crippen molar-refractivity contribution in [1.29, 1.82) is 0 Å². The average Bonchev–Trinajstić information content (AvgIpc) is 3.59. The SMILES string of the molecule is CC(C)(O)c1cnnn1C1CC(C(=O)NC2(C(=O)C(N)=O)CCOCC2)N(C(=O)[C@@H](CC2CCCCC2)NC(=O)c2ccc(S(=O)(=O)NC3CC3)cc2)C1. The van der Waals surface area contributed by atoms with Crippen LogP contribution < -0.4 is 21.1 Å². The second kappa shape index (κ2) is 15.8. The van der Waals surface area contributed by atoms with Crippen LogP contribution in [0.25, 0.3) is 0 Å². The Hall–Kier alpha value is -4.26. The Morgan fingerprint density at radius 3 is 2.31 bits per heavy atom. The fourth-order valence-corrected chi connectivity index (χ4v) is 9.12.